The van der Waals surface area contributed by atoms with Crippen LogP contribution in [0.4, 0.5) is 13.2 Å². The van der Waals surface area contributed by atoms with Crippen molar-refractivity contribution in [1.82, 2.24) is 9.71 Å². The van der Waals surface area contributed by atoms with Crippen molar-refractivity contribution >= 4 is 21.6 Å². The van der Waals surface area contributed by atoms with E-state index in [0.29, 0.717) is 11.6 Å². The Morgan fingerprint density at radius 3 is 2.55 bits per heavy atom. The van der Waals surface area contributed by atoms with Gasteiger partial charge in [0.2, 0.25) is 10.0 Å². The number of pyridine rings is 1. The average molecular weight is 351 g/mol. The summed E-state index contributed by atoms with van der Waals surface area (Å²) in [5.74, 6) is 0. The number of nitrogens with zero attached hydrogens (tertiary/aromatic N) is 1. The molecular formula is C13H10ClF3N2O2S. The second-order valence-electron chi connectivity index (χ2n) is 4.33. The van der Waals surface area contributed by atoms with Crippen LogP contribution in [0.2, 0.25) is 5.02 Å². The Morgan fingerprint density at radius 1 is 1.23 bits per heavy atom. The number of halogens is 4. The molecule has 9 heteroatoms. The molecule has 0 saturated heterocycles. The minimum atomic E-state index is -4.65. The molecule has 0 unspecified atom stereocenters. The Morgan fingerprint density at radius 2 is 1.95 bits per heavy atom. The van der Waals surface area contributed by atoms with Crippen molar-refractivity contribution in [3.63, 3.8) is 0 Å². The van der Waals surface area contributed by atoms with Crippen LogP contribution < -0.4 is 4.72 Å². The fraction of sp³-hybridized carbons (Fsp3) is 0.154. The lowest BCUT2D eigenvalue weighted by atomic mass is 10.2. The predicted molar refractivity (Wildman–Crippen MR) is 74.7 cm³/mol. The van der Waals surface area contributed by atoms with Crippen LogP contribution in [0.1, 0.15) is 11.1 Å². The summed E-state index contributed by atoms with van der Waals surface area (Å²) in [6.07, 6.45) is -1.70. The molecule has 1 aromatic heterocycles. The highest BCUT2D eigenvalue weighted by molar-refractivity contribution is 7.89. The monoisotopic (exact) mass is 350 g/mol. The Hall–Kier alpha value is -1.64. The van der Waals surface area contributed by atoms with Gasteiger partial charge in [-0.25, -0.2) is 13.1 Å². The van der Waals surface area contributed by atoms with Gasteiger partial charge in [0, 0.05) is 18.9 Å². The third kappa shape index (κ3) is 3.96. The molecule has 0 amide bonds. The summed E-state index contributed by atoms with van der Waals surface area (Å²) in [4.78, 5) is 3.19. The first-order valence-electron chi connectivity index (χ1n) is 5.95. The first kappa shape index (κ1) is 16.7. The fourth-order valence-corrected chi connectivity index (χ4v) is 3.19. The molecule has 1 heterocycles. The molecule has 2 aromatic rings. The van der Waals surface area contributed by atoms with Crippen molar-refractivity contribution in [2.75, 3.05) is 0 Å². The van der Waals surface area contributed by atoms with Crippen LogP contribution in [0.25, 0.3) is 0 Å². The molecule has 0 aliphatic heterocycles. The molecule has 0 saturated carbocycles. The smallest absolute Gasteiger partial charge is 0.264 e. The van der Waals surface area contributed by atoms with E-state index < -0.39 is 26.7 Å². The minimum Gasteiger partial charge on any atom is -0.264 e. The van der Waals surface area contributed by atoms with E-state index in [4.69, 9.17) is 11.6 Å². The number of hydrogen-bond acceptors (Lipinski definition) is 3. The molecule has 1 aromatic carbocycles. The lowest BCUT2D eigenvalue weighted by Crippen LogP contribution is -2.24. The predicted octanol–water partition coefficient (Wildman–Crippen LogP) is 3.23. The Labute approximate surface area is 130 Å². The Balaban J connectivity index is 2.29. The van der Waals surface area contributed by atoms with E-state index in [1.807, 2.05) is 0 Å². The number of sulfonamides is 1. The van der Waals surface area contributed by atoms with Crippen LogP contribution in [-0.4, -0.2) is 13.4 Å². The first-order valence-corrected chi connectivity index (χ1v) is 7.81. The summed E-state index contributed by atoms with van der Waals surface area (Å²) in [6.45, 7) is -0.108. The quantitative estimate of drug-likeness (QED) is 0.921. The maximum atomic E-state index is 12.7. The molecule has 2 rings (SSSR count). The van der Waals surface area contributed by atoms with Crippen molar-refractivity contribution in [3.05, 3.63) is 58.9 Å². The number of rotatable bonds is 4. The maximum absolute atomic E-state index is 12.7. The van der Waals surface area contributed by atoms with Gasteiger partial charge in [0.1, 0.15) is 4.90 Å². The molecule has 22 heavy (non-hydrogen) atoms. The van der Waals surface area contributed by atoms with E-state index in [0.717, 1.165) is 12.1 Å². The van der Waals surface area contributed by atoms with Gasteiger partial charge in [-0.2, -0.15) is 13.2 Å². The normalized spacial score (nSPS) is 12.4. The molecule has 0 radical (unpaired) electrons. The van der Waals surface area contributed by atoms with Gasteiger partial charge in [0.25, 0.3) is 0 Å². The second-order valence-corrected chi connectivity index (χ2v) is 6.47. The van der Waals surface area contributed by atoms with Crippen molar-refractivity contribution < 1.29 is 21.6 Å². The topological polar surface area (TPSA) is 59.1 Å². The number of nitrogens with one attached hydrogen (secondary N) is 1. The molecule has 0 aliphatic rings. The third-order valence-corrected chi connectivity index (χ3v) is 4.62. The minimum absolute atomic E-state index is 0.108. The molecule has 4 nitrogen and oxygen atoms in total. The van der Waals surface area contributed by atoms with Gasteiger partial charge in [0.05, 0.1) is 10.6 Å². The van der Waals surface area contributed by atoms with Gasteiger partial charge in [-0.15, -0.1) is 0 Å². The summed E-state index contributed by atoms with van der Waals surface area (Å²) in [7, 11) is -4.18. The molecule has 0 atom stereocenters. The summed E-state index contributed by atoms with van der Waals surface area (Å²) >= 11 is 5.71. The lowest BCUT2D eigenvalue weighted by molar-refractivity contribution is -0.137. The van der Waals surface area contributed by atoms with Crippen LogP contribution in [0.15, 0.2) is 47.6 Å². The van der Waals surface area contributed by atoms with Crippen molar-refractivity contribution in [3.8, 4) is 0 Å². The van der Waals surface area contributed by atoms with Crippen LogP contribution >= 0.6 is 11.6 Å². The van der Waals surface area contributed by atoms with Crippen LogP contribution in [0.3, 0.4) is 0 Å². The molecule has 0 aliphatic carbocycles. The maximum Gasteiger partial charge on any atom is 0.416 e. The van der Waals surface area contributed by atoms with Crippen LogP contribution in [-0.2, 0) is 22.7 Å². The summed E-state index contributed by atoms with van der Waals surface area (Å²) in [5.41, 5.74) is -0.521. The van der Waals surface area contributed by atoms with Crippen molar-refractivity contribution in [2.45, 2.75) is 17.6 Å². The Kier molecular flexibility index (Phi) is 4.74. The van der Waals surface area contributed by atoms with Gasteiger partial charge in [-0.3, -0.25) is 4.98 Å². The van der Waals surface area contributed by atoms with Gasteiger partial charge >= 0.3 is 6.18 Å². The molecule has 1 N–H and O–H groups in total. The summed E-state index contributed by atoms with van der Waals surface area (Å²) < 4.78 is 64.5. The number of alkyl halides is 3. The van der Waals surface area contributed by atoms with Gasteiger partial charge in [0.15, 0.2) is 0 Å². The van der Waals surface area contributed by atoms with Crippen LogP contribution in [0, 0.1) is 0 Å². The zero-order valence-electron chi connectivity index (χ0n) is 10.9. The molecule has 0 bridgehead atoms. The highest BCUT2D eigenvalue weighted by Crippen LogP contribution is 2.33. The van der Waals surface area contributed by atoms with Crippen molar-refractivity contribution in [2.24, 2.45) is 0 Å². The molecule has 118 valence electrons. The molecule has 0 spiro atoms. The number of hydrogen-bond donors (Lipinski definition) is 1. The van der Waals surface area contributed by atoms with E-state index in [2.05, 4.69) is 9.71 Å². The van der Waals surface area contributed by atoms with E-state index in [1.54, 1.807) is 12.1 Å². The zero-order valence-corrected chi connectivity index (χ0v) is 12.5. The standard InChI is InChI=1S/C13H10ClF3N2O2S/c14-11-4-3-10(13(15,16)17)6-12(11)22(20,21)19-8-9-2-1-5-18-7-9/h1-7,19H,8H2. The lowest BCUT2D eigenvalue weighted by Gasteiger charge is -2.12. The molecular weight excluding hydrogens is 341 g/mol. The van der Waals surface area contributed by atoms with E-state index in [1.165, 1.54) is 12.4 Å². The Bertz CT molecular complexity index is 765. The van der Waals surface area contributed by atoms with Crippen LogP contribution in [0.5, 0.6) is 0 Å². The first-order chi connectivity index (χ1) is 10.2. The SMILES string of the molecule is O=S(=O)(NCc1cccnc1)c1cc(C(F)(F)F)ccc1Cl. The summed E-state index contributed by atoms with van der Waals surface area (Å²) in [6, 6.07) is 5.38. The highest BCUT2D eigenvalue weighted by atomic mass is 35.5. The van der Waals surface area contributed by atoms with Crippen molar-refractivity contribution in [1.29, 1.82) is 0 Å². The number of benzene rings is 1. The average Bonchev–Trinajstić information content (AvgIpc) is 2.45. The summed E-state index contributed by atoms with van der Waals surface area (Å²) in [5, 5.41) is -0.285. The third-order valence-electron chi connectivity index (χ3n) is 2.74. The van der Waals surface area contributed by atoms with E-state index in [9.17, 15) is 21.6 Å². The van der Waals surface area contributed by atoms with Gasteiger partial charge in [-0.05, 0) is 29.8 Å². The highest BCUT2D eigenvalue weighted by Gasteiger charge is 2.32. The molecule has 0 fully saturated rings. The largest absolute Gasteiger partial charge is 0.416 e. The van der Waals surface area contributed by atoms with E-state index in [-0.39, 0.29) is 11.6 Å². The van der Waals surface area contributed by atoms with Gasteiger partial charge in [-0.1, -0.05) is 17.7 Å². The van der Waals surface area contributed by atoms with E-state index >= 15 is 0 Å². The fourth-order valence-electron chi connectivity index (χ4n) is 1.64. The zero-order chi connectivity index (χ0) is 16.4. The number of aromatic nitrogens is 1. The second kappa shape index (κ2) is 6.23. The van der Waals surface area contributed by atoms with Gasteiger partial charge < -0.3 is 0 Å².